The van der Waals surface area contributed by atoms with Crippen LogP contribution in [-0.4, -0.2) is 22.4 Å². The zero-order valence-electron chi connectivity index (χ0n) is 13.9. The average molecular weight is 335 g/mol. The molecule has 3 aromatic rings. The van der Waals surface area contributed by atoms with Gasteiger partial charge in [0.05, 0.1) is 6.21 Å². The minimum atomic E-state index is -0.430. The number of amides is 1. The number of aromatic nitrogens is 1. The van der Waals surface area contributed by atoms with E-state index in [1.807, 2.05) is 30.3 Å². The Morgan fingerprint density at radius 3 is 2.68 bits per heavy atom. The van der Waals surface area contributed by atoms with Gasteiger partial charge in [0.2, 0.25) is 0 Å². The van der Waals surface area contributed by atoms with Gasteiger partial charge in [0.1, 0.15) is 22.8 Å². The molecule has 0 spiro atoms. The number of phenols is 1. The number of rotatable bonds is 4. The third-order valence-electron chi connectivity index (χ3n) is 3.78. The van der Waals surface area contributed by atoms with Gasteiger partial charge in [-0.3, -0.25) is 4.79 Å². The number of aryl methyl sites for hydroxylation is 2. The second kappa shape index (κ2) is 7.00. The van der Waals surface area contributed by atoms with Crippen LogP contribution < -0.4 is 5.43 Å². The second-order valence-corrected chi connectivity index (χ2v) is 5.54. The van der Waals surface area contributed by atoms with E-state index in [2.05, 4.69) is 15.7 Å². The molecule has 3 rings (SSSR count). The molecule has 2 N–H and O–H groups in total. The lowest BCUT2D eigenvalue weighted by atomic mass is 10.1. The summed E-state index contributed by atoms with van der Waals surface area (Å²) in [5.41, 5.74) is 5.28. The van der Waals surface area contributed by atoms with Crippen molar-refractivity contribution in [2.45, 2.75) is 13.8 Å². The summed E-state index contributed by atoms with van der Waals surface area (Å²) in [6.07, 6.45) is 1.39. The van der Waals surface area contributed by atoms with Gasteiger partial charge >= 0.3 is 0 Å². The topological polar surface area (TPSA) is 87.7 Å². The first-order chi connectivity index (χ1) is 12.1. The maximum Gasteiger partial charge on any atom is 0.277 e. The van der Waals surface area contributed by atoms with Crippen LogP contribution in [0.25, 0.3) is 11.3 Å². The number of hydrazone groups is 1. The van der Waals surface area contributed by atoms with E-state index in [1.165, 1.54) is 6.21 Å². The van der Waals surface area contributed by atoms with Gasteiger partial charge in [-0.15, -0.1) is 0 Å². The Morgan fingerprint density at radius 1 is 1.16 bits per heavy atom. The van der Waals surface area contributed by atoms with Crippen LogP contribution >= 0.6 is 0 Å². The zero-order valence-corrected chi connectivity index (χ0v) is 13.9. The highest BCUT2D eigenvalue weighted by Gasteiger charge is 2.21. The molecule has 0 saturated heterocycles. The molecule has 25 heavy (non-hydrogen) atoms. The molecule has 6 nitrogen and oxygen atoms in total. The third-order valence-corrected chi connectivity index (χ3v) is 3.78. The number of nitrogens with one attached hydrogen (secondary N) is 1. The van der Waals surface area contributed by atoms with Gasteiger partial charge < -0.3 is 9.63 Å². The van der Waals surface area contributed by atoms with E-state index < -0.39 is 5.91 Å². The molecule has 0 atom stereocenters. The summed E-state index contributed by atoms with van der Waals surface area (Å²) in [6, 6.07) is 14.6. The van der Waals surface area contributed by atoms with Crippen molar-refractivity contribution in [3.8, 4) is 17.0 Å². The average Bonchev–Trinajstić information content (AvgIpc) is 3.01. The minimum Gasteiger partial charge on any atom is -0.507 e. The van der Waals surface area contributed by atoms with Crippen LogP contribution in [0.3, 0.4) is 0 Å². The fourth-order valence-corrected chi connectivity index (χ4v) is 2.43. The molecule has 0 aliphatic rings. The molecular weight excluding hydrogens is 318 g/mol. The van der Waals surface area contributed by atoms with Crippen LogP contribution in [0.5, 0.6) is 5.75 Å². The number of hydrogen-bond acceptors (Lipinski definition) is 5. The van der Waals surface area contributed by atoms with Gasteiger partial charge in [-0.25, -0.2) is 5.43 Å². The first-order valence-electron chi connectivity index (χ1n) is 7.71. The van der Waals surface area contributed by atoms with Crippen molar-refractivity contribution in [2.75, 3.05) is 0 Å². The molecular formula is C19H17N3O3. The van der Waals surface area contributed by atoms with Crippen molar-refractivity contribution in [1.82, 2.24) is 10.6 Å². The molecule has 1 heterocycles. The standard InChI is InChI=1S/C19H17N3O3/c1-12-7-6-10-15(18(12)23)11-20-21-19(24)16-13(2)25-22-17(16)14-8-4-3-5-9-14/h3-11,23H,1-2H3,(H,21,24)/b20-11+. The van der Waals surface area contributed by atoms with Gasteiger partial charge in [-0.1, -0.05) is 47.6 Å². The Labute approximate surface area is 144 Å². The van der Waals surface area contributed by atoms with Crippen LogP contribution in [0.15, 0.2) is 58.2 Å². The first kappa shape index (κ1) is 16.4. The molecule has 0 bridgehead atoms. The molecule has 126 valence electrons. The Balaban J connectivity index is 1.82. The van der Waals surface area contributed by atoms with E-state index in [0.717, 1.165) is 11.1 Å². The molecule has 1 amide bonds. The largest absolute Gasteiger partial charge is 0.507 e. The van der Waals surface area contributed by atoms with Crippen molar-refractivity contribution in [2.24, 2.45) is 5.10 Å². The quantitative estimate of drug-likeness (QED) is 0.565. The normalized spacial score (nSPS) is 11.0. The van der Waals surface area contributed by atoms with Gasteiger partial charge in [-0.05, 0) is 25.5 Å². The minimum absolute atomic E-state index is 0.131. The number of hydrogen-bond donors (Lipinski definition) is 2. The fraction of sp³-hybridized carbons (Fsp3) is 0.105. The molecule has 0 saturated carbocycles. The molecule has 0 unspecified atom stereocenters. The molecule has 0 fully saturated rings. The highest BCUT2D eigenvalue weighted by Crippen LogP contribution is 2.25. The van der Waals surface area contributed by atoms with Crippen LogP contribution in [0, 0.1) is 13.8 Å². The van der Waals surface area contributed by atoms with Crippen LogP contribution in [0.4, 0.5) is 0 Å². The SMILES string of the molecule is Cc1cccc(/C=N/NC(=O)c2c(-c3ccccc3)noc2C)c1O. The Bertz CT molecular complexity index is 930. The smallest absolute Gasteiger partial charge is 0.277 e. The second-order valence-electron chi connectivity index (χ2n) is 5.54. The van der Waals surface area contributed by atoms with Crippen LogP contribution in [0.1, 0.15) is 27.2 Å². The van der Waals surface area contributed by atoms with Crippen molar-refractivity contribution in [1.29, 1.82) is 0 Å². The summed E-state index contributed by atoms with van der Waals surface area (Å²) in [5.74, 6) is 0.109. The summed E-state index contributed by atoms with van der Waals surface area (Å²) in [6.45, 7) is 3.46. The maximum absolute atomic E-state index is 12.5. The molecule has 0 aliphatic heterocycles. The van der Waals surface area contributed by atoms with Crippen LogP contribution in [0.2, 0.25) is 0 Å². The number of aromatic hydroxyl groups is 1. The Hall–Kier alpha value is -3.41. The summed E-state index contributed by atoms with van der Waals surface area (Å²) in [7, 11) is 0. The number of carbonyl (C=O) groups is 1. The molecule has 6 heteroatoms. The number of benzene rings is 2. The number of para-hydroxylation sites is 1. The predicted octanol–water partition coefficient (Wildman–Crippen LogP) is 3.43. The fourth-order valence-electron chi connectivity index (χ4n) is 2.43. The van der Waals surface area contributed by atoms with Crippen molar-refractivity contribution in [3.63, 3.8) is 0 Å². The van der Waals surface area contributed by atoms with Crippen LogP contribution in [-0.2, 0) is 0 Å². The van der Waals surface area contributed by atoms with E-state index in [9.17, 15) is 9.90 Å². The van der Waals surface area contributed by atoms with Gasteiger partial charge in [0.25, 0.3) is 5.91 Å². The Morgan fingerprint density at radius 2 is 1.92 bits per heavy atom. The number of phenolic OH excluding ortho intramolecular Hbond substituents is 1. The maximum atomic E-state index is 12.5. The summed E-state index contributed by atoms with van der Waals surface area (Å²) in [4.78, 5) is 12.5. The first-order valence-corrected chi connectivity index (χ1v) is 7.71. The van der Waals surface area contributed by atoms with Gasteiger partial charge in [0, 0.05) is 11.1 Å². The highest BCUT2D eigenvalue weighted by molar-refractivity contribution is 6.01. The lowest BCUT2D eigenvalue weighted by Gasteiger charge is -2.03. The van der Waals surface area contributed by atoms with Gasteiger partial charge in [0.15, 0.2) is 0 Å². The van der Waals surface area contributed by atoms with Gasteiger partial charge in [-0.2, -0.15) is 5.10 Å². The van der Waals surface area contributed by atoms with E-state index >= 15 is 0 Å². The molecule has 0 aliphatic carbocycles. The van der Waals surface area contributed by atoms with Crippen molar-refractivity contribution >= 4 is 12.1 Å². The highest BCUT2D eigenvalue weighted by atomic mass is 16.5. The van der Waals surface area contributed by atoms with Crippen molar-refractivity contribution < 1.29 is 14.4 Å². The van der Waals surface area contributed by atoms with E-state index in [1.54, 1.807) is 32.0 Å². The number of nitrogens with zero attached hydrogens (tertiary/aromatic N) is 2. The third kappa shape index (κ3) is 3.42. The molecule has 1 aromatic heterocycles. The lowest BCUT2D eigenvalue weighted by Crippen LogP contribution is -2.18. The summed E-state index contributed by atoms with van der Waals surface area (Å²) >= 11 is 0. The van der Waals surface area contributed by atoms with E-state index in [-0.39, 0.29) is 5.75 Å². The Kier molecular flexibility index (Phi) is 4.61. The van der Waals surface area contributed by atoms with Crippen molar-refractivity contribution in [3.05, 3.63) is 71.0 Å². The summed E-state index contributed by atoms with van der Waals surface area (Å²) < 4.78 is 5.17. The van der Waals surface area contributed by atoms with E-state index in [0.29, 0.717) is 22.6 Å². The molecule has 2 aromatic carbocycles. The zero-order chi connectivity index (χ0) is 17.8. The lowest BCUT2D eigenvalue weighted by molar-refractivity contribution is 0.0954. The predicted molar refractivity (Wildman–Crippen MR) is 94.6 cm³/mol. The van der Waals surface area contributed by atoms with E-state index in [4.69, 9.17) is 4.52 Å². The monoisotopic (exact) mass is 335 g/mol. The summed E-state index contributed by atoms with van der Waals surface area (Å²) in [5, 5.41) is 17.8. The number of carbonyl (C=O) groups excluding carboxylic acids is 1. The molecule has 0 radical (unpaired) electrons.